The van der Waals surface area contributed by atoms with Gasteiger partial charge in [0.2, 0.25) is 0 Å². The van der Waals surface area contributed by atoms with Crippen LogP contribution in [0.5, 0.6) is 0 Å². The first kappa shape index (κ1) is 15.2. The van der Waals surface area contributed by atoms with E-state index in [-0.39, 0.29) is 5.79 Å². The maximum Gasteiger partial charge on any atom is 0.168 e. The summed E-state index contributed by atoms with van der Waals surface area (Å²) < 4.78 is 12.3. The van der Waals surface area contributed by atoms with Gasteiger partial charge in [-0.15, -0.1) is 0 Å². The van der Waals surface area contributed by atoms with Crippen LogP contribution in [0, 0.1) is 53.3 Å². The molecule has 0 radical (unpaired) electrons. The summed E-state index contributed by atoms with van der Waals surface area (Å²) in [5.41, 5.74) is 0. The number of fused-ring (bicyclic) bond motifs is 9. The third-order valence-electron chi connectivity index (χ3n) is 9.11. The van der Waals surface area contributed by atoms with Crippen LogP contribution in [0.1, 0.15) is 59.3 Å². The molecule has 5 aliphatic rings. The van der Waals surface area contributed by atoms with Crippen LogP contribution in [0.25, 0.3) is 0 Å². The van der Waals surface area contributed by atoms with Gasteiger partial charge in [0, 0.05) is 6.42 Å². The quantitative estimate of drug-likeness (QED) is 0.700. The van der Waals surface area contributed by atoms with Crippen molar-refractivity contribution in [2.75, 3.05) is 13.2 Å². The summed E-state index contributed by atoms with van der Waals surface area (Å²) in [7, 11) is 0. The number of rotatable bonds is 3. The molecule has 0 amide bonds. The third kappa shape index (κ3) is 2.00. The minimum Gasteiger partial charge on any atom is -0.350 e. The Labute approximate surface area is 141 Å². The molecule has 9 atom stereocenters. The summed E-state index contributed by atoms with van der Waals surface area (Å²) in [4.78, 5) is 0. The van der Waals surface area contributed by atoms with Crippen LogP contribution < -0.4 is 0 Å². The van der Waals surface area contributed by atoms with Crippen molar-refractivity contribution in [2.24, 2.45) is 53.3 Å². The van der Waals surface area contributed by atoms with Crippen molar-refractivity contribution >= 4 is 0 Å². The van der Waals surface area contributed by atoms with Gasteiger partial charge >= 0.3 is 0 Å². The highest BCUT2D eigenvalue weighted by molar-refractivity contribution is 5.14. The van der Waals surface area contributed by atoms with E-state index in [0.717, 1.165) is 79.3 Å². The van der Waals surface area contributed by atoms with Crippen LogP contribution in [0.3, 0.4) is 0 Å². The summed E-state index contributed by atoms with van der Waals surface area (Å²) in [5.74, 6) is 8.91. The lowest BCUT2D eigenvalue weighted by atomic mass is 9.61. The molecule has 0 spiro atoms. The van der Waals surface area contributed by atoms with E-state index in [4.69, 9.17) is 9.47 Å². The van der Waals surface area contributed by atoms with Crippen LogP contribution in [0.15, 0.2) is 0 Å². The van der Waals surface area contributed by atoms with Gasteiger partial charge in [-0.1, -0.05) is 20.8 Å². The molecule has 0 aromatic heterocycles. The molecule has 23 heavy (non-hydrogen) atoms. The summed E-state index contributed by atoms with van der Waals surface area (Å²) in [6.45, 7) is 9.15. The summed E-state index contributed by atoms with van der Waals surface area (Å²) in [6.07, 6.45) is 7.84. The predicted molar refractivity (Wildman–Crippen MR) is 90.8 cm³/mol. The highest BCUT2D eigenvalue weighted by Crippen LogP contribution is 2.72. The van der Waals surface area contributed by atoms with Crippen molar-refractivity contribution in [3.63, 3.8) is 0 Å². The zero-order valence-corrected chi connectivity index (χ0v) is 15.2. The molecular formula is C21H34O2. The van der Waals surface area contributed by atoms with E-state index in [1.54, 1.807) is 6.42 Å². The van der Waals surface area contributed by atoms with E-state index >= 15 is 0 Å². The van der Waals surface area contributed by atoms with Crippen molar-refractivity contribution < 1.29 is 9.47 Å². The Bertz CT molecular complexity index is 468. The second kappa shape index (κ2) is 5.21. The fourth-order valence-electron chi connectivity index (χ4n) is 8.08. The first-order chi connectivity index (χ1) is 11.1. The zero-order valence-electron chi connectivity index (χ0n) is 15.2. The maximum atomic E-state index is 6.17. The van der Waals surface area contributed by atoms with E-state index in [9.17, 15) is 0 Å². The molecule has 5 fully saturated rings. The Hall–Kier alpha value is -0.0800. The molecule has 1 saturated heterocycles. The van der Waals surface area contributed by atoms with Crippen LogP contribution in [0.4, 0.5) is 0 Å². The van der Waals surface area contributed by atoms with Crippen LogP contribution in [-0.2, 0) is 9.47 Å². The largest absolute Gasteiger partial charge is 0.350 e. The van der Waals surface area contributed by atoms with Gasteiger partial charge in [0.15, 0.2) is 5.79 Å². The summed E-state index contributed by atoms with van der Waals surface area (Å²) >= 11 is 0. The number of ether oxygens (including phenoxy) is 2. The number of hydrogen-bond acceptors (Lipinski definition) is 2. The monoisotopic (exact) mass is 318 g/mol. The molecule has 130 valence electrons. The van der Waals surface area contributed by atoms with Crippen LogP contribution in [0.2, 0.25) is 0 Å². The third-order valence-corrected chi connectivity index (χ3v) is 9.11. The Balaban J connectivity index is 1.35. The van der Waals surface area contributed by atoms with Crippen LogP contribution >= 0.6 is 0 Å². The molecule has 4 aliphatic carbocycles. The van der Waals surface area contributed by atoms with E-state index < -0.39 is 0 Å². The highest BCUT2D eigenvalue weighted by atomic mass is 16.7. The summed E-state index contributed by atoms with van der Waals surface area (Å²) in [6, 6.07) is 0. The molecule has 0 aromatic rings. The van der Waals surface area contributed by atoms with E-state index in [1.807, 2.05) is 0 Å². The van der Waals surface area contributed by atoms with Gasteiger partial charge in [-0.2, -0.15) is 0 Å². The average Bonchev–Trinajstić information content (AvgIpc) is 3.29. The zero-order chi connectivity index (χ0) is 15.8. The lowest BCUT2D eigenvalue weighted by molar-refractivity contribution is -0.278. The fraction of sp³-hybridized carbons (Fsp3) is 1.00. The van der Waals surface area contributed by atoms with E-state index in [2.05, 4.69) is 20.8 Å². The van der Waals surface area contributed by atoms with Crippen molar-refractivity contribution in [3.05, 3.63) is 0 Å². The van der Waals surface area contributed by atoms with Crippen molar-refractivity contribution in [1.29, 1.82) is 0 Å². The topological polar surface area (TPSA) is 18.5 Å². The summed E-state index contributed by atoms with van der Waals surface area (Å²) in [5, 5.41) is 0. The molecule has 4 bridgehead atoms. The van der Waals surface area contributed by atoms with E-state index in [0.29, 0.717) is 0 Å². The fourth-order valence-corrected chi connectivity index (χ4v) is 8.08. The van der Waals surface area contributed by atoms with Gasteiger partial charge in [0.1, 0.15) is 0 Å². The normalized spacial score (nSPS) is 56.2. The minimum atomic E-state index is -0.237. The average molecular weight is 319 g/mol. The first-order valence-corrected chi connectivity index (χ1v) is 10.4. The first-order valence-electron chi connectivity index (χ1n) is 10.4. The lowest BCUT2D eigenvalue weighted by Crippen LogP contribution is -2.45. The van der Waals surface area contributed by atoms with Gasteiger partial charge in [-0.3, -0.25) is 0 Å². The standard InChI is InChI=1S/C21H34O2/c1-4-21(22-6-5-7-23-21)11-15-8-14-9-18(15)20-17-10-16(19(14)20)12(2)13(17)3/h12-20H,4-11H2,1-3H3. The van der Waals surface area contributed by atoms with Crippen molar-refractivity contribution in [2.45, 2.75) is 65.1 Å². The van der Waals surface area contributed by atoms with Gasteiger partial charge < -0.3 is 9.47 Å². The smallest absolute Gasteiger partial charge is 0.168 e. The molecule has 2 heteroatoms. The molecule has 4 saturated carbocycles. The second-order valence-corrected chi connectivity index (χ2v) is 9.61. The Morgan fingerprint density at radius 1 is 0.870 bits per heavy atom. The Kier molecular flexibility index (Phi) is 3.44. The molecule has 1 heterocycles. The van der Waals surface area contributed by atoms with E-state index in [1.165, 1.54) is 19.3 Å². The van der Waals surface area contributed by atoms with Gasteiger partial charge in [-0.05, 0) is 85.4 Å². The second-order valence-electron chi connectivity index (χ2n) is 9.61. The molecular weight excluding hydrogens is 284 g/mol. The van der Waals surface area contributed by atoms with Gasteiger partial charge in [0.05, 0.1) is 13.2 Å². The molecule has 2 nitrogen and oxygen atoms in total. The minimum absolute atomic E-state index is 0.237. The highest BCUT2D eigenvalue weighted by Gasteiger charge is 2.66. The molecule has 0 N–H and O–H groups in total. The maximum absolute atomic E-state index is 6.17. The SMILES string of the molecule is CCC1(CC2CC3CC2C2C4CC(C(C)C4C)C32)OCCCO1. The van der Waals surface area contributed by atoms with Gasteiger partial charge in [-0.25, -0.2) is 0 Å². The van der Waals surface area contributed by atoms with Crippen molar-refractivity contribution in [3.8, 4) is 0 Å². The molecule has 5 rings (SSSR count). The number of hydrogen-bond donors (Lipinski definition) is 0. The Morgan fingerprint density at radius 3 is 2.26 bits per heavy atom. The van der Waals surface area contributed by atoms with Gasteiger partial charge in [0.25, 0.3) is 0 Å². The molecule has 1 aliphatic heterocycles. The van der Waals surface area contributed by atoms with Crippen LogP contribution in [-0.4, -0.2) is 19.0 Å². The van der Waals surface area contributed by atoms with Crippen molar-refractivity contribution in [1.82, 2.24) is 0 Å². The molecule has 9 unspecified atom stereocenters. The Morgan fingerprint density at radius 2 is 1.57 bits per heavy atom. The lowest BCUT2D eigenvalue weighted by Gasteiger charge is -2.46. The molecule has 0 aromatic carbocycles. The predicted octanol–water partition coefficient (Wildman–Crippen LogP) is 4.73.